The maximum atomic E-state index is 12.8. The van der Waals surface area contributed by atoms with E-state index in [9.17, 15) is 4.79 Å². The number of hydrogen-bond donors (Lipinski definition) is 0. The number of halogens is 2. The molecule has 4 nitrogen and oxygen atoms in total. The summed E-state index contributed by atoms with van der Waals surface area (Å²) >= 11 is 12.5. The Morgan fingerprint density at radius 1 is 1.00 bits per heavy atom. The fourth-order valence-electron chi connectivity index (χ4n) is 3.22. The van der Waals surface area contributed by atoms with Crippen LogP contribution in [0.2, 0.25) is 10.0 Å². The van der Waals surface area contributed by atoms with Crippen LogP contribution in [0.25, 0.3) is 16.6 Å². The lowest BCUT2D eigenvalue weighted by Crippen LogP contribution is -2.28. The average Bonchev–Trinajstić information content (AvgIpc) is 3.09. The summed E-state index contributed by atoms with van der Waals surface area (Å²) in [5.41, 5.74) is 0.981. The van der Waals surface area contributed by atoms with Gasteiger partial charge in [0, 0.05) is 23.5 Å². The molecule has 0 saturated carbocycles. The Hall–Kier alpha value is -2.04. The molecule has 0 aliphatic carbocycles. The van der Waals surface area contributed by atoms with Crippen molar-refractivity contribution < 1.29 is 0 Å². The van der Waals surface area contributed by atoms with Gasteiger partial charge in [-0.1, -0.05) is 35.3 Å². The molecular formula is C18H15Cl2N3O. The van der Waals surface area contributed by atoms with Gasteiger partial charge in [-0.3, -0.25) is 4.57 Å². The summed E-state index contributed by atoms with van der Waals surface area (Å²) in [6, 6.07) is 12.8. The summed E-state index contributed by atoms with van der Waals surface area (Å²) < 4.78 is 1.53. The van der Waals surface area contributed by atoms with Crippen LogP contribution in [0.5, 0.6) is 0 Å². The zero-order valence-corrected chi connectivity index (χ0v) is 14.4. The summed E-state index contributed by atoms with van der Waals surface area (Å²) in [4.78, 5) is 19.3. The van der Waals surface area contributed by atoms with Crippen LogP contribution < -0.4 is 10.6 Å². The van der Waals surface area contributed by atoms with Crippen LogP contribution in [0.4, 0.5) is 5.82 Å². The fourth-order valence-corrected chi connectivity index (χ4v) is 3.61. The average molecular weight is 360 g/mol. The van der Waals surface area contributed by atoms with Gasteiger partial charge in [-0.2, -0.15) is 4.98 Å². The Balaban J connectivity index is 2.07. The number of hydrogen-bond acceptors (Lipinski definition) is 3. The molecule has 0 spiro atoms. The quantitative estimate of drug-likeness (QED) is 0.684. The first-order valence-electron chi connectivity index (χ1n) is 7.87. The molecule has 2 aromatic carbocycles. The van der Waals surface area contributed by atoms with Gasteiger partial charge in [-0.05, 0) is 43.2 Å². The van der Waals surface area contributed by atoms with E-state index in [0.717, 1.165) is 42.7 Å². The molecule has 4 rings (SSSR count). The summed E-state index contributed by atoms with van der Waals surface area (Å²) in [6.07, 6.45) is 2.23. The molecule has 1 fully saturated rings. The molecule has 1 saturated heterocycles. The van der Waals surface area contributed by atoms with Gasteiger partial charge in [0.15, 0.2) is 0 Å². The Morgan fingerprint density at radius 2 is 1.75 bits per heavy atom. The van der Waals surface area contributed by atoms with Crippen LogP contribution in [0, 0.1) is 0 Å². The van der Waals surface area contributed by atoms with E-state index in [1.54, 1.807) is 18.2 Å². The molecule has 6 heteroatoms. The zero-order chi connectivity index (χ0) is 16.7. The zero-order valence-electron chi connectivity index (χ0n) is 12.9. The van der Waals surface area contributed by atoms with Crippen molar-refractivity contribution >= 4 is 39.9 Å². The molecule has 1 aliphatic heterocycles. The third kappa shape index (κ3) is 2.56. The number of nitrogens with zero attached hydrogens (tertiary/aromatic N) is 3. The second-order valence-electron chi connectivity index (χ2n) is 5.86. The van der Waals surface area contributed by atoms with Crippen LogP contribution in [-0.4, -0.2) is 22.6 Å². The van der Waals surface area contributed by atoms with Crippen molar-refractivity contribution in [2.45, 2.75) is 12.8 Å². The molecule has 0 unspecified atom stereocenters. The number of rotatable bonds is 2. The highest BCUT2D eigenvalue weighted by molar-refractivity contribution is 6.32. The van der Waals surface area contributed by atoms with Crippen LogP contribution in [-0.2, 0) is 0 Å². The first-order valence-corrected chi connectivity index (χ1v) is 8.63. The minimum absolute atomic E-state index is 0.347. The summed E-state index contributed by atoms with van der Waals surface area (Å²) in [5, 5.41) is 1.97. The SMILES string of the molecule is O=c1nc(N2CCCC2)c2ccc(Cl)cc2n1-c1ccccc1Cl. The third-order valence-corrected chi connectivity index (χ3v) is 4.89. The molecular weight excluding hydrogens is 345 g/mol. The Labute approximate surface area is 149 Å². The van der Waals surface area contributed by atoms with E-state index in [0.29, 0.717) is 15.7 Å². The van der Waals surface area contributed by atoms with E-state index < -0.39 is 0 Å². The Bertz CT molecular complexity index is 978. The molecule has 0 atom stereocenters. The van der Waals surface area contributed by atoms with E-state index >= 15 is 0 Å². The van der Waals surface area contributed by atoms with Gasteiger partial charge in [0.25, 0.3) is 0 Å². The second-order valence-corrected chi connectivity index (χ2v) is 6.70. The molecule has 0 bridgehead atoms. The fraction of sp³-hybridized carbons (Fsp3) is 0.222. The predicted octanol–water partition coefficient (Wildman–Crippen LogP) is 4.29. The van der Waals surface area contributed by atoms with Crippen molar-refractivity contribution in [2.24, 2.45) is 0 Å². The van der Waals surface area contributed by atoms with Crippen molar-refractivity contribution in [1.29, 1.82) is 0 Å². The van der Waals surface area contributed by atoms with E-state index in [1.807, 2.05) is 24.3 Å². The normalized spacial score (nSPS) is 14.5. The van der Waals surface area contributed by atoms with Crippen molar-refractivity contribution in [3.8, 4) is 5.69 Å². The predicted molar refractivity (Wildman–Crippen MR) is 98.8 cm³/mol. The first-order chi connectivity index (χ1) is 11.6. The van der Waals surface area contributed by atoms with Crippen molar-refractivity contribution in [3.63, 3.8) is 0 Å². The van der Waals surface area contributed by atoms with Gasteiger partial charge in [0.05, 0.1) is 16.2 Å². The summed E-state index contributed by atoms with van der Waals surface area (Å²) in [5.74, 6) is 0.729. The number of fused-ring (bicyclic) bond motifs is 1. The third-order valence-electron chi connectivity index (χ3n) is 4.33. The highest BCUT2D eigenvalue weighted by Crippen LogP contribution is 2.30. The van der Waals surface area contributed by atoms with Gasteiger partial charge in [-0.15, -0.1) is 0 Å². The molecule has 1 aromatic heterocycles. The molecule has 2 heterocycles. The number of para-hydroxylation sites is 1. The Morgan fingerprint density at radius 3 is 2.50 bits per heavy atom. The van der Waals surface area contributed by atoms with E-state index in [1.165, 1.54) is 4.57 Å². The highest BCUT2D eigenvalue weighted by Gasteiger charge is 2.20. The lowest BCUT2D eigenvalue weighted by Gasteiger charge is -2.20. The topological polar surface area (TPSA) is 38.1 Å². The van der Waals surface area contributed by atoms with Gasteiger partial charge in [-0.25, -0.2) is 4.79 Å². The molecule has 0 radical (unpaired) electrons. The maximum absolute atomic E-state index is 12.8. The van der Waals surface area contributed by atoms with Crippen LogP contribution >= 0.6 is 23.2 Å². The number of aromatic nitrogens is 2. The number of anilines is 1. The molecule has 122 valence electrons. The standard InChI is InChI=1S/C18H15Cl2N3O/c19-12-7-8-13-16(11-12)23(15-6-2-1-5-14(15)20)18(24)21-17(13)22-9-3-4-10-22/h1-2,5-8,11H,3-4,9-10H2. The van der Waals surface area contributed by atoms with Gasteiger partial charge in [0.1, 0.15) is 5.82 Å². The monoisotopic (exact) mass is 359 g/mol. The van der Waals surface area contributed by atoms with E-state index in [2.05, 4.69) is 9.88 Å². The van der Waals surface area contributed by atoms with Crippen molar-refractivity contribution in [1.82, 2.24) is 9.55 Å². The second kappa shape index (κ2) is 6.11. The lowest BCUT2D eigenvalue weighted by atomic mass is 10.2. The Kier molecular flexibility index (Phi) is 3.94. The number of benzene rings is 2. The largest absolute Gasteiger partial charge is 0.356 e. The van der Waals surface area contributed by atoms with Crippen LogP contribution in [0.15, 0.2) is 47.3 Å². The van der Waals surface area contributed by atoms with Crippen LogP contribution in [0.3, 0.4) is 0 Å². The van der Waals surface area contributed by atoms with E-state index in [4.69, 9.17) is 23.2 Å². The smallest absolute Gasteiger partial charge is 0.354 e. The minimum atomic E-state index is -0.347. The van der Waals surface area contributed by atoms with Gasteiger partial charge >= 0.3 is 5.69 Å². The molecule has 0 amide bonds. The first kappa shape index (κ1) is 15.5. The van der Waals surface area contributed by atoms with E-state index in [-0.39, 0.29) is 5.69 Å². The lowest BCUT2D eigenvalue weighted by molar-refractivity contribution is 0.894. The molecule has 1 aliphatic rings. The van der Waals surface area contributed by atoms with Gasteiger partial charge in [0.2, 0.25) is 0 Å². The summed E-state index contributed by atoms with van der Waals surface area (Å²) in [6.45, 7) is 1.83. The van der Waals surface area contributed by atoms with Crippen LogP contribution in [0.1, 0.15) is 12.8 Å². The maximum Gasteiger partial charge on any atom is 0.354 e. The van der Waals surface area contributed by atoms with Gasteiger partial charge < -0.3 is 4.90 Å². The van der Waals surface area contributed by atoms with Crippen molar-refractivity contribution in [2.75, 3.05) is 18.0 Å². The molecule has 0 N–H and O–H groups in total. The minimum Gasteiger partial charge on any atom is -0.356 e. The summed E-state index contributed by atoms with van der Waals surface area (Å²) in [7, 11) is 0. The molecule has 24 heavy (non-hydrogen) atoms. The van der Waals surface area contributed by atoms with Crippen molar-refractivity contribution in [3.05, 3.63) is 63.0 Å². The highest BCUT2D eigenvalue weighted by atomic mass is 35.5. The molecule has 3 aromatic rings.